The summed E-state index contributed by atoms with van der Waals surface area (Å²) in [7, 11) is 0. The maximum Gasteiger partial charge on any atom is 0.267 e. The highest BCUT2D eigenvalue weighted by Crippen LogP contribution is 2.21. The molecule has 0 saturated carbocycles. The molecule has 2 aromatic rings. The van der Waals surface area contributed by atoms with E-state index in [2.05, 4.69) is 25.3 Å². The van der Waals surface area contributed by atoms with Crippen LogP contribution in [0, 0.1) is 6.92 Å². The lowest BCUT2D eigenvalue weighted by atomic mass is 10.0. The summed E-state index contributed by atoms with van der Waals surface area (Å²) >= 11 is 1.88. The highest BCUT2D eigenvalue weighted by atomic mass is 32.2. The third-order valence-electron chi connectivity index (χ3n) is 5.55. The zero-order valence-corrected chi connectivity index (χ0v) is 17.2. The standard InChI is InChI=1S/C20H28N6OS/c1-15-11-22-19(13-21-15)23-12-17-4-2-3-6-25(17)7-8-26-20(27)10-16-14-28-9-5-18(16)24-26/h10-11,13,17H,2-9,12,14H2,1H3,(H,22,23). The van der Waals surface area contributed by atoms with Crippen LogP contribution < -0.4 is 10.9 Å². The van der Waals surface area contributed by atoms with Crippen LogP contribution in [-0.4, -0.2) is 56.1 Å². The number of thioether (sulfide) groups is 1. The van der Waals surface area contributed by atoms with E-state index >= 15 is 0 Å². The van der Waals surface area contributed by atoms with E-state index in [0.717, 1.165) is 66.8 Å². The molecule has 2 aliphatic heterocycles. The van der Waals surface area contributed by atoms with Gasteiger partial charge in [0.25, 0.3) is 5.56 Å². The fourth-order valence-electron chi connectivity index (χ4n) is 3.93. The average Bonchev–Trinajstić information content (AvgIpc) is 2.72. The largest absolute Gasteiger partial charge is 0.367 e. The van der Waals surface area contributed by atoms with Gasteiger partial charge >= 0.3 is 0 Å². The summed E-state index contributed by atoms with van der Waals surface area (Å²) in [6.07, 6.45) is 8.16. The van der Waals surface area contributed by atoms with Crippen LogP contribution in [0.25, 0.3) is 0 Å². The number of piperidine rings is 1. The molecule has 1 saturated heterocycles. The fourth-order valence-corrected chi connectivity index (χ4v) is 4.88. The van der Waals surface area contributed by atoms with Crippen molar-refractivity contribution in [3.63, 3.8) is 0 Å². The third-order valence-corrected chi connectivity index (χ3v) is 6.56. The van der Waals surface area contributed by atoms with Gasteiger partial charge in [-0.25, -0.2) is 9.67 Å². The lowest BCUT2D eigenvalue weighted by molar-refractivity contribution is 0.147. The Morgan fingerprint density at radius 3 is 3.04 bits per heavy atom. The Morgan fingerprint density at radius 1 is 1.25 bits per heavy atom. The number of anilines is 1. The first-order chi connectivity index (χ1) is 13.7. The summed E-state index contributed by atoms with van der Waals surface area (Å²) in [6.45, 7) is 5.37. The number of likely N-dealkylation sites (tertiary alicyclic amines) is 1. The lowest BCUT2D eigenvalue weighted by Gasteiger charge is -2.36. The second-order valence-corrected chi connectivity index (χ2v) is 8.69. The second kappa shape index (κ2) is 9.05. The molecule has 4 rings (SSSR count). The Hall–Kier alpha value is -1.93. The van der Waals surface area contributed by atoms with E-state index in [-0.39, 0.29) is 5.56 Å². The Morgan fingerprint density at radius 2 is 2.18 bits per heavy atom. The summed E-state index contributed by atoms with van der Waals surface area (Å²) in [4.78, 5) is 23.6. The van der Waals surface area contributed by atoms with Crippen LogP contribution in [0.3, 0.4) is 0 Å². The molecule has 0 bridgehead atoms. The van der Waals surface area contributed by atoms with Gasteiger partial charge in [0.05, 0.1) is 30.3 Å². The molecule has 1 fully saturated rings. The Bertz CT molecular complexity index is 853. The third kappa shape index (κ3) is 4.72. The smallest absolute Gasteiger partial charge is 0.267 e. The zero-order chi connectivity index (χ0) is 19.3. The molecule has 150 valence electrons. The van der Waals surface area contributed by atoms with E-state index in [9.17, 15) is 4.79 Å². The number of aryl methyl sites for hydroxylation is 2. The van der Waals surface area contributed by atoms with Crippen LogP contribution in [0.2, 0.25) is 0 Å². The average molecular weight is 401 g/mol. The fraction of sp³-hybridized carbons (Fsp3) is 0.600. The minimum Gasteiger partial charge on any atom is -0.367 e. The molecule has 7 nitrogen and oxygen atoms in total. The van der Waals surface area contributed by atoms with E-state index in [1.165, 1.54) is 12.8 Å². The molecular formula is C20H28N6OS. The van der Waals surface area contributed by atoms with Gasteiger partial charge in [0.15, 0.2) is 0 Å². The monoisotopic (exact) mass is 400 g/mol. The molecule has 0 aliphatic carbocycles. The maximum absolute atomic E-state index is 12.4. The van der Waals surface area contributed by atoms with Crippen molar-refractivity contribution < 1.29 is 0 Å². The van der Waals surface area contributed by atoms with Crippen molar-refractivity contribution in [1.29, 1.82) is 0 Å². The van der Waals surface area contributed by atoms with Crippen molar-refractivity contribution in [2.24, 2.45) is 0 Å². The number of rotatable bonds is 6. The Labute approximate surface area is 170 Å². The van der Waals surface area contributed by atoms with E-state index in [0.29, 0.717) is 12.6 Å². The van der Waals surface area contributed by atoms with Gasteiger partial charge in [0.2, 0.25) is 0 Å². The van der Waals surface area contributed by atoms with Crippen LogP contribution in [0.5, 0.6) is 0 Å². The Balaban J connectivity index is 1.37. The zero-order valence-electron chi connectivity index (χ0n) is 16.4. The molecule has 0 radical (unpaired) electrons. The van der Waals surface area contributed by atoms with Crippen molar-refractivity contribution in [3.8, 4) is 0 Å². The van der Waals surface area contributed by atoms with E-state index in [1.807, 2.05) is 18.7 Å². The van der Waals surface area contributed by atoms with Crippen LogP contribution in [0.4, 0.5) is 5.82 Å². The van der Waals surface area contributed by atoms with Gasteiger partial charge in [-0.3, -0.25) is 14.7 Å². The predicted molar refractivity (Wildman–Crippen MR) is 113 cm³/mol. The lowest BCUT2D eigenvalue weighted by Crippen LogP contribution is -2.45. The molecule has 1 atom stereocenters. The van der Waals surface area contributed by atoms with Gasteiger partial charge in [-0.15, -0.1) is 0 Å². The molecule has 0 aromatic carbocycles. The van der Waals surface area contributed by atoms with Crippen molar-refractivity contribution in [3.05, 3.63) is 45.8 Å². The first-order valence-electron chi connectivity index (χ1n) is 10.1. The Kier molecular flexibility index (Phi) is 6.26. The van der Waals surface area contributed by atoms with Crippen molar-refractivity contribution in [2.45, 2.75) is 50.9 Å². The number of nitrogens with zero attached hydrogens (tertiary/aromatic N) is 5. The molecule has 4 heterocycles. The molecule has 28 heavy (non-hydrogen) atoms. The van der Waals surface area contributed by atoms with Crippen LogP contribution in [0.1, 0.15) is 36.2 Å². The number of aromatic nitrogens is 4. The van der Waals surface area contributed by atoms with Gasteiger partial charge in [-0.2, -0.15) is 16.9 Å². The molecular weight excluding hydrogens is 372 g/mol. The number of nitrogens with one attached hydrogen (secondary N) is 1. The summed E-state index contributed by atoms with van der Waals surface area (Å²) in [5.74, 6) is 2.83. The topological polar surface area (TPSA) is 75.9 Å². The molecule has 8 heteroatoms. The highest BCUT2D eigenvalue weighted by Gasteiger charge is 2.22. The number of hydrogen-bond donors (Lipinski definition) is 1. The highest BCUT2D eigenvalue weighted by molar-refractivity contribution is 7.98. The summed E-state index contributed by atoms with van der Waals surface area (Å²) in [6, 6.07) is 2.24. The molecule has 1 unspecified atom stereocenters. The number of hydrogen-bond acceptors (Lipinski definition) is 7. The van der Waals surface area contributed by atoms with E-state index in [1.54, 1.807) is 23.1 Å². The quantitative estimate of drug-likeness (QED) is 0.796. The van der Waals surface area contributed by atoms with Crippen molar-refractivity contribution >= 4 is 17.6 Å². The van der Waals surface area contributed by atoms with Crippen LogP contribution >= 0.6 is 11.8 Å². The summed E-state index contributed by atoms with van der Waals surface area (Å²) in [5, 5.41) is 8.07. The van der Waals surface area contributed by atoms with E-state index in [4.69, 9.17) is 0 Å². The first-order valence-corrected chi connectivity index (χ1v) is 11.3. The van der Waals surface area contributed by atoms with E-state index < -0.39 is 0 Å². The van der Waals surface area contributed by atoms with Gasteiger partial charge in [0, 0.05) is 37.4 Å². The van der Waals surface area contributed by atoms with Crippen molar-refractivity contribution in [1.82, 2.24) is 24.6 Å². The second-order valence-electron chi connectivity index (χ2n) is 7.59. The molecule has 2 aromatic heterocycles. The molecule has 0 spiro atoms. The predicted octanol–water partition coefficient (Wildman–Crippen LogP) is 2.10. The molecule has 1 N–H and O–H groups in total. The molecule has 2 aliphatic rings. The first kappa shape index (κ1) is 19.4. The van der Waals surface area contributed by atoms with Crippen molar-refractivity contribution in [2.75, 3.05) is 30.7 Å². The van der Waals surface area contributed by atoms with Gasteiger partial charge < -0.3 is 5.32 Å². The normalized spacial score (nSPS) is 20.0. The molecule has 0 amide bonds. The summed E-state index contributed by atoms with van der Waals surface area (Å²) < 4.78 is 1.67. The van der Waals surface area contributed by atoms with Gasteiger partial charge in [0.1, 0.15) is 5.82 Å². The number of fused-ring (bicyclic) bond motifs is 1. The maximum atomic E-state index is 12.4. The summed E-state index contributed by atoms with van der Waals surface area (Å²) in [5.41, 5.74) is 3.18. The minimum absolute atomic E-state index is 0.0304. The minimum atomic E-state index is 0.0304. The van der Waals surface area contributed by atoms with Gasteiger partial charge in [-0.05, 0) is 37.6 Å². The van der Waals surface area contributed by atoms with Crippen LogP contribution in [-0.2, 0) is 18.7 Å². The van der Waals surface area contributed by atoms with Gasteiger partial charge in [-0.1, -0.05) is 6.42 Å². The van der Waals surface area contributed by atoms with Crippen LogP contribution in [0.15, 0.2) is 23.3 Å². The SMILES string of the molecule is Cc1cnc(NCC2CCCCN2CCn2nc3c(cc2=O)CSCC3)cn1.